The van der Waals surface area contributed by atoms with Gasteiger partial charge in [0.25, 0.3) is 5.69 Å². The molecule has 8 rings (SSSR count). The van der Waals surface area contributed by atoms with Gasteiger partial charge in [-0.2, -0.15) is 0 Å². The lowest BCUT2D eigenvalue weighted by atomic mass is 9.65. The third-order valence-corrected chi connectivity index (χ3v) is 11.5. The minimum Gasteiger partial charge on any atom is -0.508 e. The fraction of sp³-hybridized carbons (Fsp3) is 0.208. The number of hydrogen-bond donors (Lipinski definition) is 3. The number of anilines is 1. The zero-order chi connectivity index (χ0) is 43.5. The van der Waals surface area contributed by atoms with Crippen LogP contribution in [0.5, 0.6) is 5.75 Å². The number of benzene rings is 5. The Balaban J connectivity index is 1.39. The van der Waals surface area contributed by atoms with E-state index in [9.17, 15) is 29.9 Å². The number of ether oxygens (including phenoxy) is 2. The van der Waals surface area contributed by atoms with E-state index in [-0.39, 0.29) is 48.9 Å². The van der Waals surface area contributed by atoms with Gasteiger partial charge < -0.3 is 25.0 Å². The van der Waals surface area contributed by atoms with Crippen molar-refractivity contribution in [3.05, 3.63) is 184 Å². The van der Waals surface area contributed by atoms with E-state index in [4.69, 9.17) is 9.47 Å². The summed E-state index contributed by atoms with van der Waals surface area (Å²) in [6.45, 7) is 3.16. The third kappa shape index (κ3) is 7.12. The van der Waals surface area contributed by atoms with E-state index in [1.165, 1.54) is 48.5 Å². The number of phenols is 1. The highest BCUT2D eigenvalue weighted by atomic mass is 16.6. The fourth-order valence-corrected chi connectivity index (χ4v) is 9.05. The van der Waals surface area contributed by atoms with Crippen LogP contribution in [0.3, 0.4) is 0 Å². The molecule has 5 aromatic rings. The van der Waals surface area contributed by atoms with Gasteiger partial charge >= 0.3 is 12.1 Å². The molecular formula is C48H40N4O10. The van der Waals surface area contributed by atoms with Gasteiger partial charge in [0.15, 0.2) is 0 Å². The van der Waals surface area contributed by atoms with Crippen LogP contribution in [0.25, 0.3) is 0 Å². The summed E-state index contributed by atoms with van der Waals surface area (Å²) in [5.74, 6) is 1.94. The average Bonchev–Trinajstić information content (AvgIpc) is 3.74. The second-order valence-electron chi connectivity index (χ2n) is 15.0. The van der Waals surface area contributed by atoms with Crippen molar-refractivity contribution in [1.29, 1.82) is 0 Å². The molecule has 312 valence electrons. The van der Waals surface area contributed by atoms with Crippen LogP contribution in [0.1, 0.15) is 58.0 Å². The van der Waals surface area contributed by atoms with E-state index in [0.717, 1.165) is 4.90 Å². The lowest BCUT2D eigenvalue weighted by Crippen LogP contribution is -2.55. The number of amides is 3. The van der Waals surface area contributed by atoms with E-state index in [1.807, 2.05) is 65.6 Å². The van der Waals surface area contributed by atoms with Crippen LogP contribution < -0.4 is 10.2 Å². The number of phenolic OH excluding ortho intramolecular Hbond substituents is 1. The first kappa shape index (κ1) is 41.1. The maximum Gasteiger partial charge on any atom is 0.421 e. The number of nitrogens with zero attached hydrogens (tertiary/aromatic N) is 3. The van der Waals surface area contributed by atoms with Gasteiger partial charge in [-0.3, -0.25) is 29.4 Å². The number of nitro groups is 1. The van der Waals surface area contributed by atoms with Gasteiger partial charge in [-0.15, -0.1) is 6.58 Å². The number of rotatable bonds is 10. The molecule has 6 atom stereocenters. The van der Waals surface area contributed by atoms with E-state index in [2.05, 4.69) is 23.7 Å². The summed E-state index contributed by atoms with van der Waals surface area (Å²) in [5, 5.41) is 34.2. The molecule has 3 amide bonds. The molecule has 0 aliphatic carbocycles. The van der Waals surface area contributed by atoms with E-state index < -0.39 is 64.4 Å². The van der Waals surface area contributed by atoms with E-state index in [1.54, 1.807) is 24.3 Å². The molecule has 0 unspecified atom stereocenters. The van der Waals surface area contributed by atoms with Crippen LogP contribution in [0, 0.1) is 27.9 Å². The zero-order valence-corrected chi connectivity index (χ0v) is 33.1. The number of fused-ring (bicyclic) bond motifs is 3. The van der Waals surface area contributed by atoms with Gasteiger partial charge in [-0.1, -0.05) is 90.7 Å². The van der Waals surface area contributed by atoms with Crippen molar-refractivity contribution in [2.45, 2.75) is 42.7 Å². The minimum absolute atomic E-state index is 0.0273. The molecule has 14 nitrogen and oxygen atoms in total. The van der Waals surface area contributed by atoms with Gasteiger partial charge in [-0.25, -0.2) is 9.69 Å². The summed E-state index contributed by atoms with van der Waals surface area (Å²) < 4.78 is 12.2. The van der Waals surface area contributed by atoms with E-state index in [0.29, 0.717) is 27.8 Å². The van der Waals surface area contributed by atoms with E-state index >= 15 is 9.59 Å². The molecule has 14 heteroatoms. The summed E-state index contributed by atoms with van der Waals surface area (Å²) in [6.07, 6.45) is -0.433. The van der Waals surface area contributed by atoms with Gasteiger partial charge in [0.1, 0.15) is 29.9 Å². The Bertz CT molecular complexity index is 2610. The molecule has 0 aromatic heterocycles. The first-order valence-corrected chi connectivity index (χ1v) is 19.8. The molecule has 5 aromatic carbocycles. The van der Waals surface area contributed by atoms with Crippen LogP contribution >= 0.6 is 0 Å². The summed E-state index contributed by atoms with van der Waals surface area (Å²) >= 11 is 0. The maximum atomic E-state index is 16.1. The summed E-state index contributed by atoms with van der Waals surface area (Å²) in [7, 11) is 0. The lowest BCUT2D eigenvalue weighted by Gasteiger charge is -2.46. The van der Waals surface area contributed by atoms with Crippen LogP contribution in [0.15, 0.2) is 140 Å². The van der Waals surface area contributed by atoms with Crippen molar-refractivity contribution >= 4 is 35.3 Å². The Kier molecular flexibility index (Phi) is 11.4. The number of imide groups is 1. The molecule has 0 saturated carbocycles. The van der Waals surface area contributed by atoms with Crippen LogP contribution in [-0.2, 0) is 35.9 Å². The number of nitro benzene ring substituents is 1. The number of hydrogen-bond acceptors (Lipinski definition) is 11. The number of nitrogens with one attached hydrogen (secondary N) is 1. The molecule has 0 bridgehead atoms. The largest absolute Gasteiger partial charge is 0.508 e. The first-order chi connectivity index (χ1) is 30.1. The minimum atomic E-state index is -2.08. The first-order valence-electron chi connectivity index (χ1n) is 19.8. The van der Waals surface area contributed by atoms with Gasteiger partial charge in [0, 0.05) is 30.7 Å². The molecule has 2 fully saturated rings. The Morgan fingerprint density at radius 3 is 2.23 bits per heavy atom. The second-order valence-corrected chi connectivity index (χ2v) is 15.0. The second kappa shape index (κ2) is 17.2. The number of esters is 1. The van der Waals surface area contributed by atoms with Crippen molar-refractivity contribution in [1.82, 2.24) is 10.2 Å². The highest BCUT2D eigenvalue weighted by Gasteiger charge is 2.75. The highest BCUT2D eigenvalue weighted by molar-refractivity contribution is 6.23. The van der Waals surface area contributed by atoms with Crippen molar-refractivity contribution < 1.29 is 43.8 Å². The van der Waals surface area contributed by atoms with Crippen LogP contribution in [-0.4, -0.2) is 63.1 Å². The highest BCUT2D eigenvalue weighted by Crippen LogP contribution is 2.66. The van der Waals surface area contributed by atoms with Crippen molar-refractivity contribution in [3.63, 3.8) is 0 Å². The summed E-state index contributed by atoms with van der Waals surface area (Å²) in [6, 6.07) is 31.3. The van der Waals surface area contributed by atoms with Gasteiger partial charge in [0.05, 0.1) is 35.2 Å². The number of non-ortho nitro benzene ring substituents is 1. The fourth-order valence-electron chi connectivity index (χ4n) is 9.05. The topological polar surface area (TPSA) is 189 Å². The number of aliphatic hydroxyl groups is 1. The average molecular weight is 833 g/mol. The molecule has 0 radical (unpaired) electrons. The third-order valence-electron chi connectivity index (χ3n) is 11.5. The predicted octanol–water partition coefficient (Wildman–Crippen LogP) is 6.34. The Morgan fingerprint density at radius 1 is 0.903 bits per heavy atom. The Morgan fingerprint density at radius 2 is 1.58 bits per heavy atom. The SMILES string of the molecule is C=CCNC(=O)[C@@H]1[C@H]2C(=O)O[C@H](c3ccccc3)[C@H](c3ccccc3)N2[C@H](c2ccc(O)cc2)[C@@]12C(=O)N(C(=O)OCc1ccc([N+](=O)[O-])cc1)c1ccc(C#CCCO)cc12. The number of morpholine rings is 1. The molecule has 3 heterocycles. The normalized spacial score (nSPS) is 22.5. The monoisotopic (exact) mass is 832 g/mol. The molecule has 3 N–H and O–H groups in total. The molecule has 2 saturated heterocycles. The summed E-state index contributed by atoms with van der Waals surface area (Å²) in [5.41, 5.74) is 0.632. The van der Waals surface area contributed by atoms with Crippen molar-refractivity contribution in [3.8, 4) is 17.6 Å². The molecular weight excluding hydrogens is 793 g/mol. The van der Waals surface area contributed by atoms with Crippen LogP contribution in [0.2, 0.25) is 0 Å². The van der Waals surface area contributed by atoms with Gasteiger partial charge in [-0.05, 0) is 70.3 Å². The zero-order valence-electron chi connectivity index (χ0n) is 33.1. The summed E-state index contributed by atoms with van der Waals surface area (Å²) in [4.78, 5) is 74.1. The standard InChI is InChI=1S/C48H40N4O10/c1-2-26-49-44(55)39-41-45(56)62-42(33-14-7-4-8-15-33)40(32-12-5-3-6-13-32)51(41)43(34-19-23-36(54)24-20-34)48(39)37-28-30(11-9-10-27-53)18-25-38(37)50(46(48)57)47(58)61-29-31-16-21-35(22-17-31)52(59)60/h2-8,12-25,28,39-43,53-54H,1,10,26-27,29H2,(H,49,55)/t39-,40-,41-,42+,43+,48-/m0/s1. The van der Waals surface area contributed by atoms with Crippen molar-refractivity contribution in [2.24, 2.45) is 5.92 Å². The number of carbonyl (C=O) groups is 4. The van der Waals surface area contributed by atoms with Crippen LogP contribution in [0.4, 0.5) is 16.2 Å². The maximum absolute atomic E-state index is 16.1. The number of aromatic hydroxyl groups is 1. The number of cyclic esters (lactones) is 1. The quantitative estimate of drug-likeness (QED) is 0.0469. The molecule has 3 aliphatic heterocycles. The Hall–Kier alpha value is -7.60. The number of aliphatic hydroxyl groups excluding tert-OH is 1. The molecule has 62 heavy (non-hydrogen) atoms. The van der Waals surface area contributed by atoms with Crippen molar-refractivity contribution in [2.75, 3.05) is 18.1 Å². The Labute approximate surface area is 356 Å². The lowest BCUT2D eigenvalue weighted by molar-refractivity contribution is -0.384. The molecule has 1 spiro atoms. The smallest absolute Gasteiger partial charge is 0.421 e. The predicted molar refractivity (Wildman–Crippen MR) is 225 cm³/mol. The molecule has 3 aliphatic rings. The number of carbonyl (C=O) groups excluding carboxylic acids is 4. The van der Waals surface area contributed by atoms with Gasteiger partial charge in [0.2, 0.25) is 11.8 Å².